The predicted octanol–water partition coefficient (Wildman–Crippen LogP) is 1.24. The van der Waals surface area contributed by atoms with Gasteiger partial charge in [0.25, 0.3) is 0 Å². The Balaban J connectivity index is 4.31. The fraction of sp³-hybridized carbons (Fsp3) is 1.00. The molecule has 4 nitrogen and oxygen atoms in total. The molecule has 0 amide bonds. The molecular weight excluding hydrogens is 198 g/mol. The molecule has 5 heteroatoms. The highest BCUT2D eigenvalue weighted by molar-refractivity contribution is 6.60. The van der Waals surface area contributed by atoms with E-state index in [4.69, 9.17) is 19.0 Å². The summed E-state index contributed by atoms with van der Waals surface area (Å²) >= 11 is 0. The van der Waals surface area contributed by atoms with Crippen LogP contribution in [0.1, 0.15) is 20.8 Å². The summed E-state index contributed by atoms with van der Waals surface area (Å²) in [6.45, 7) is 7.87. The predicted molar refractivity (Wildman–Crippen MR) is 59.0 cm³/mol. The Morgan fingerprint density at radius 2 is 1.71 bits per heavy atom. The van der Waals surface area contributed by atoms with Crippen molar-refractivity contribution in [1.29, 1.82) is 0 Å². The van der Waals surface area contributed by atoms with Crippen LogP contribution in [-0.2, 0) is 13.3 Å². The minimum Gasteiger partial charge on any atom is -0.377 e. The average Bonchev–Trinajstić information content (AvgIpc) is 2.18. The summed E-state index contributed by atoms with van der Waals surface area (Å²) in [4.78, 5) is 0. The van der Waals surface area contributed by atoms with Crippen LogP contribution in [0.5, 0.6) is 0 Å². The molecule has 0 rings (SSSR count). The second-order valence-corrected chi connectivity index (χ2v) is 6.06. The van der Waals surface area contributed by atoms with E-state index in [2.05, 4.69) is 6.92 Å². The third kappa shape index (κ3) is 4.52. The highest BCUT2D eigenvalue weighted by atomic mass is 28.4. The molecular formula is C9H23NO3Si. The molecule has 0 aliphatic carbocycles. The molecule has 0 aromatic heterocycles. The summed E-state index contributed by atoms with van der Waals surface area (Å²) in [7, 11) is -0.780. The number of hydrogen-bond donors (Lipinski definition) is 1. The van der Waals surface area contributed by atoms with Crippen molar-refractivity contribution in [2.75, 3.05) is 26.9 Å². The van der Waals surface area contributed by atoms with E-state index in [0.29, 0.717) is 25.7 Å². The van der Waals surface area contributed by atoms with Gasteiger partial charge < -0.3 is 19.0 Å². The van der Waals surface area contributed by atoms with Gasteiger partial charge in [-0.2, -0.15) is 0 Å². The van der Waals surface area contributed by atoms with E-state index in [1.807, 2.05) is 13.8 Å². The van der Waals surface area contributed by atoms with Gasteiger partial charge in [0.2, 0.25) is 0 Å². The maximum atomic E-state index is 5.63. The van der Waals surface area contributed by atoms with Crippen molar-refractivity contribution < 1.29 is 13.3 Å². The van der Waals surface area contributed by atoms with Crippen LogP contribution in [0.3, 0.4) is 0 Å². The van der Waals surface area contributed by atoms with Crippen LogP contribution in [0.2, 0.25) is 6.04 Å². The molecule has 0 fully saturated rings. The Morgan fingerprint density at radius 1 is 1.21 bits per heavy atom. The molecule has 0 saturated heterocycles. The van der Waals surface area contributed by atoms with Gasteiger partial charge in [-0.1, -0.05) is 6.92 Å². The first kappa shape index (κ1) is 14.1. The third-order valence-corrected chi connectivity index (χ3v) is 5.32. The van der Waals surface area contributed by atoms with Crippen LogP contribution < -0.4 is 5.73 Å². The Hall–Kier alpha value is 0.0569. The number of nitrogens with two attached hydrogens (primary N) is 1. The van der Waals surface area contributed by atoms with Gasteiger partial charge >= 0.3 is 8.80 Å². The van der Waals surface area contributed by atoms with Crippen molar-refractivity contribution in [3.8, 4) is 0 Å². The quantitative estimate of drug-likeness (QED) is 0.627. The monoisotopic (exact) mass is 221 g/mol. The number of rotatable bonds is 8. The highest BCUT2D eigenvalue weighted by Gasteiger charge is 2.40. The fourth-order valence-electron chi connectivity index (χ4n) is 1.31. The first-order valence-electron chi connectivity index (χ1n) is 5.17. The lowest BCUT2D eigenvalue weighted by molar-refractivity contribution is 0.0830. The fourth-order valence-corrected chi connectivity index (χ4v) is 3.93. The molecule has 1 unspecified atom stereocenters. The molecule has 2 N–H and O–H groups in total. The van der Waals surface area contributed by atoms with Gasteiger partial charge in [0.05, 0.1) is 0 Å². The van der Waals surface area contributed by atoms with Crippen molar-refractivity contribution in [1.82, 2.24) is 0 Å². The van der Waals surface area contributed by atoms with Gasteiger partial charge in [-0.25, -0.2) is 0 Å². The van der Waals surface area contributed by atoms with Crippen molar-refractivity contribution in [2.45, 2.75) is 26.8 Å². The standard InChI is InChI=1S/C9H23NO3Si/c1-5-12-14(11-4,13-6-2)8-9(3)7-10/h9H,5-8,10H2,1-4H3. The van der Waals surface area contributed by atoms with E-state index >= 15 is 0 Å². The van der Waals surface area contributed by atoms with E-state index in [1.165, 1.54) is 0 Å². The molecule has 14 heavy (non-hydrogen) atoms. The van der Waals surface area contributed by atoms with Crippen molar-refractivity contribution in [3.05, 3.63) is 0 Å². The molecule has 0 bridgehead atoms. The van der Waals surface area contributed by atoms with Gasteiger partial charge in [-0.3, -0.25) is 0 Å². The molecule has 0 aromatic carbocycles. The first-order valence-corrected chi connectivity index (χ1v) is 7.10. The second kappa shape index (κ2) is 7.36. The Kier molecular flexibility index (Phi) is 7.39. The summed E-state index contributed by atoms with van der Waals surface area (Å²) in [5.41, 5.74) is 5.58. The van der Waals surface area contributed by atoms with Crippen LogP contribution >= 0.6 is 0 Å². The smallest absolute Gasteiger partial charge is 0.377 e. The lowest BCUT2D eigenvalue weighted by atomic mass is 10.2. The zero-order valence-corrected chi connectivity index (χ0v) is 10.7. The van der Waals surface area contributed by atoms with E-state index in [1.54, 1.807) is 7.11 Å². The molecule has 0 aliphatic rings. The van der Waals surface area contributed by atoms with Gasteiger partial charge in [-0.05, 0) is 26.3 Å². The van der Waals surface area contributed by atoms with Crippen LogP contribution in [0, 0.1) is 5.92 Å². The third-order valence-electron chi connectivity index (χ3n) is 2.04. The molecule has 0 aromatic rings. The first-order chi connectivity index (χ1) is 6.64. The van der Waals surface area contributed by atoms with Crippen LogP contribution in [0.4, 0.5) is 0 Å². The van der Waals surface area contributed by atoms with Crippen molar-refractivity contribution >= 4 is 8.80 Å². The minimum atomic E-state index is -2.43. The molecule has 86 valence electrons. The summed E-state index contributed by atoms with van der Waals surface area (Å²) in [6, 6.07) is 0.793. The Labute approximate surface area is 88.1 Å². The van der Waals surface area contributed by atoms with E-state index in [9.17, 15) is 0 Å². The molecule has 0 saturated carbocycles. The normalized spacial score (nSPS) is 14.4. The minimum absolute atomic E-state index is 0.375. The second-order valence-electron chi connectivity index (χ2n) is 3.30. The van der Waals surface area contributed by atoms with Gasteiger partial charge in [0.15, 0.2) is 0 Å². The topological polar surface area (TPSA) is 53.7 Å². The summed E-state index contributed by atoms with van der Waals surface area (Å²) in [5, 5.41) is 0. The number of hydrogen-bond acceptors (Lipinski definition) is 4. The molecule has 0 aliphatic heterocycles. The lowest BCUT2D eigenvalue weighted by Crippen LogP contribution is -2.47. The molecule has 0 spiro atoms. The lowest BCUT2D eigenvalue weighted by Gasteiger charge is -2.29. The van der Waals surface area contributed by atoms with Gasteiger partial charge in [0, 0.05) is 26.4 Å². The van der Waals surface area contributed by atoms with Crippen LogP contribution in [-0.4, -0.2) is 35.7 Å². The maximum absolute atomic E-state index is 5.63. The highest BCUT2D eigenvalue weighted by Crippen LogP contribution is 2.19. The molecule has 0 radical (unpaired) electrons. The Morgan fingerprint density at radius 3 is 2.00 bits per heavy atom. The molecule has 1 atom stereocenters. The van der Waals surface area contributed by atoms with E-state index < -0.39 is 8.80 Å². The maximum Gasteiger partial charge on any atom is 0.500 e. The summed E-state index contributed by atoms with van der Waals surface area (Å²) in [5.74, 6) is 0.375. The summed E-state index contributed by atoms with van der Waals surface area (Å²) in [6.07, 6.45) is 0. The van der Waals surface area contributed by atoms with E-state index in [-0.39, 0.29) is 0 Å². The van der Waals surface area contributed by atoms with E-state index in [0.717, 1.165) is 6.04 Å². The van der Waals surface area contributed by atoms with Crippen molar-refractivity contribution in [2.24, 2.45) is 11.7 Å². The van der Waals surface area contributed by atoms with Gasteiger partial charge in [0.1, 0.15) is 0 Å². The SMILES string of the molecule is CCO[Si](CC(C)CN)(OC)OCC. The van der Waals surface area contributed by atoms with Gasteiger partial charge in [-0.15, -0.1) is 0 Å². The van der Waals surface area contributed by atoms with Crippen LogP contribution in [0.15, 0.2) is 0 Å². The summed E-state index contributed by atoms with van der Waals surface area (Å²) < 4.78 is 16.7. The zero-order chi connectivity index (χ0) is 11.0. The average molecular weight is 221 g/mol. The largest absolute Gasteiger partial charge is 0.500 e. The Bertz CT molecular complexity index is 140. The van der Waals surface area contributed by atoms with Crippen LogP contribution in [0.25, 0.3) is 0 Å². The van der Waals surface area contributed by atoms with Crippen molar-refractivity contribution in [3.63, 3.8) is 0 Å². The zero-order valence-electron chi connectivity index (χ0n) is 9.71. The molecule has 0 heterocycles.